The van der Waals surface area contributed by atoms with E-state index in [1.807, 2.05) is 35.2 Å². The van der Waals surface area contributed by atoms with Gasteiger partial charge in [0, 0.05) is 19.6 Å². The van der Waals surface area contributed by atoms with Crippen molar-refractivity contribution in [1.29, 1.82) is 0 Å². The van der Waals surface area contributed by atoms with Crippen LogP contribution in [0.1, 0.15) is 63.7 Å². The summed E-state index contributed by atoms with van der Waals surface area (Å²) >= 11 is 1.57. The Balaban J connectivity index is 1.35. The first-order valence-corrected chi connectivity index (χ1v) is 13.1. The number of benzene rings is 2. The summed E-state index contributed by atoms with van der Waals surface area (Å²) in [6, 6.07) is 14.9. The lowest BCUT2D eigenvalue weighted by Gasteiger charge is -2.32. The van der Waals surface area contributed by atoms with Crippen molar-refractivity contribution in [2.75, 3.05) is 19.6 Å². The highest BCUT2D eigenvalue weighted by atomic mass is 32.1. The number of likely N-dealkylation sites (tertiary alicyclic amines) is 1. The van der Waals surface area contributed by atoms with Crippen LogP contribution in [-0.4, -0.2) is 52.1 Å². The average molecular weight is 488 g/mol. The number of allylic oxidation sites excluding steroid dienone is 1. The highest BCUT2D eigenvalue weighted by Gasteiger charge is 2.37. The number of aromatic nitrogens is 1. The molecule has 0 aliphatic carbocycles. The maximum Gasteiger partial charge on any atom is 0.261 e. The Morgan fingerprint density at radius 1 is 1.00 bits per heavy atom. The number of fused-ring (bicyclic) bond motifs is 2. The van der Waals surface area contributed by atoms with Crippen molar-refractivity contribution in [1.82, 2.24) is 14.8 Å². The van der Waals surface area contributed by atoms with Crippen molar-refractivity contribution in [2.24, 2.45) is 5.92 Å². The van der Waals surface area contributed by atoms with Crippen molar-refractivity contribution < 1.29 is 14.4 Å². The van der Waals surface area contributed by atoms with Gasteiger partial charge in [0.25, 0.3) is 11.8 Å². The van der Waals surface area contributed by atoms with Crippen LogP contribution in [0.5, 0.6) is 0 Å². The number of hydrogen-bond donors (Lipinski definition) is 0. The molecular formula is C28H29N3O3S. The molecule has 1 saturated heterocycles. The number of carbonyl (C=O) groups is 3. The Bertz CT molecular complexity index is 1210. The molecule has 180 valence electrons. The van der Waals surface area contributed by atoms with Crippen LogP contribution in [-0.2, 0) is 4.79 Å². The van der Waals surface area contributed by atoms with Gasteiger partial charge in [0.2, 0.25) is 5.91 Å². The van der Waals surface area contributed by atoms with E-state index in [1.165, 1.54) is 4.90 Å². The molecule has 3 aromatic rings. The summed E-state index contributed by atoms with van der Waals surface area (Å²) in [6.45, 7) is 5.93. The monoisotopic (exact) mass is 487 g/mol. The molecule has 3 amide bonds. The molecule has 0 saturated carbocycles. The van der Waals surface area contributed by atoms with Gasteiger partial charge in [-0.25, -0.2) is 4.98 Å². The minimum absolute atomic E-state index is 0.106. The van der Waals surface area contributed by atoms with Crippen molar-refractivity contribution in [3.05, 3.63) is 77.3 Å². The fourth-order valence-electron chi connectivity index (χ4n) is 5.15. The van der Waals surface area contributed by atoms with Gasteiger partial charge in [0.15, 0.2) is 0 Å². The first-order chi connectivity index (χ1) is 17.1. The number of hydrogen-bond acceptors (Lipinski definition) is 5. The van der Waals surface area contributed by atoms with Crippen LogP contribution in [0.4, 0.5) is 0 Å². The standard InChI is InChI=1S/C28H29N3O3S/c1-2-19(11-10-18-31-26(32)20-12-4-5-13-21(20)27(31)33)24(28(34)30-16-8-3-9-17-30)25-29-22-14-6-7-15-23(22)35-25/h2,4-7,12-15,19,24H,1,3,8-11,16-18H2/t19-,24+/m1/s1. The summed E-state index contributed by atoms with van der Waals surface area (Å²) in [5.74, 6) is -0.930. The second kappa shape index (κ2) is 10.1. The van der Waals surface area contributed by atoms with Gasteiger partial charge in [-0.1, -0.05) is 30.3 Å². The minimum atomic E-state index is -0.412. The first kappa shape index (κ1) is 23.4. The zero-order valence-corrected chi connectivity index (χ0v) is 20.5. The van der Waals surface area contributed by atoms with Crippen LogP contribution < -0.4 is 0 Å². The van der Waals surface area contributed by atoms with Gasteiger partial charge in [0.05, 0.1) is 27.3 Å². The topological polar surface area (TPSA) is 70.6 Å². The van der Waals surface area contributed by atoms with E-state index in [1.54, 1.807) is 35.6 Å². The summed E-state index contributed by atoms with van der Waals surface area (Å²) in [5, 5.41) is 0.812. The van der Waals surface area contributed by atoms with Gasteiger partial charge in [-0.15, -0.1) is 17.9 Å². The zero-order valence-electron chi connectivity index (χ0n) is 19.7. The number of nitrogens with zero attached hydrogens (tertiary/aromatic N) is 3. The third kappa shape index (κ3) is 4.52. The number of para-hydroxylation sites is 1. The van der Waals surface area contributed by atoms with Gasteiger partial charge < -0.3 is 4.90 Å². The van der Waals surface area contributed by atoms with Crippen molar-refractivity contribution in [3.63, 3.8) is 0 Å². The smallest absolute Gasteiger partial charge is 0.261 e. The molecule has 7 heteroatoms. The van der Waals surface area contributed by atoms with Crippen LogP contribution in [0.25, 0.3) is 10.2 Å². The predicted molar refractivity (Wildman–Crippen MR) is 138 cm³/mol. The molecule has 0 unspecified atom stereocenters. The maximum absolute atomic E-state index is 13.8. The Morgan fingerprint density at radius 2 is 1.66 bits per heavy atom. The van der Waals surface area contributed by atoms with Gasteiger partial charge in [-0.2, -0.15) is 0 Å². The number of amides is 3. The van der Waals surface area contributed by atoms with Crippen LogP contribution >= 0.6 is 11.3 Å². The van der Waals surface area contributed by atoms with Crippen molar-refractivity contribution >= 4 is 39.3 Å². The molecule has 3 heterocycles. The third-order valence-electron chi connectivity index (χ3n) is 7.04. The fourth-order valence-corrected chi connectivity index (χ4v) is 6.29. The van der Waals surface area contributed by atoms with Gasteiger partial charge in [-0.05, 0) is 62.3 Å². The lowest BCUT2D eigenvalue weighted by molar-refractivity contribution is -0.134. The van der Waals surface area contributed by atoms with Crippen molar-refractivity contribution in [2.45, 2.75) is 38.0 Å². The molecule has 6 nitrogen and oxygen atoms in total. The molecule has 35 heavy (non-hydrogen) atoms. The van der Waals surface area contributed by atoms with E-state index in [0.717, 1.165) is 47.6 Å². The summed E-state index contributed by atoms with van der Waals surface area (Å²) in [4.78, 5) is 47.4. The lowest BCUT2D eigenvalue weighted by Crippen LogP contribution is -2.41. The Morgan fingerprint density at radius 3 is 2.31 bits per heavy atom. The first-order valence-electron chi connectivity index (χ1n) is 12.3. The van der Waals surface area contributed by atoms with E-state index in [4.69, 9.17) is 4.98 Å². The highest BCUT2D eigenvalue weighted by Crippen LogP contribution is 2.37. The molecule has 0 spiro atoms. The van der Waals surface area contributed by atoms with Gasteiger partial charge in [0.1, 0.15) is 5.01 Å². The van der Waals surface area contributed by atoms with Crippen molar-refractivity contribution in [3.8, 4) is 0 Å². The SMILES string of the molecule is C=C[C@H](CCCN1C(=O)c2ccccc2C1=O)[C@H](C(=O)N1CCCCC1)c1nc2ccccc2s1. The third-order valence-corrected chi connectivity index (χ3v) is 8.16. The lowest BCUT2D eigenvalue weighted by atomic mass is 9.87. The van der Waals surface area contributed by atoms with E-state index in [2.05, 4.69) is 6.58 Å². The summed E-state index contributed by atoms with van der Waals surface area (Å²) < 4.78 is 1.06. The Hall–Kier alpha value is -3.32. The summed E-state index contributed by atoms with van der Waals surface area (Å²) in [5.41, 5.74) is 1.83. The van der Waals surface area contributed by atoms with E-state index < -0.39 is 5.92 Å². The normalized spacial score (nSPS) is 17.5. The van der Waals surface area contributed by atoms with Crippen LogP contribution in [0.3, 0.4) is 0 Å². The molecule has 0 bridgehead atoms. The molecule has 1 fully saturated rings. The number of rotatable bonds is 8. The van der Waals surface area contributed by atoms with Crippen LogP contribution in [0.15, 0.2) is 61.2 Å². The summed E-state index contributed by atoms with van der Waals surface area (Å²) in [7, 11) is 0. The molecule has 2 aliphatic heterocycles. The Kier molecular flexibility index (Phi) is 6.77. The Labute approximate surface area is 209 Å². The quantitative estimate of drug-likeness (QED) is 0.321. The number of carbonyl (C=O) groups excluding carboxylic acids is 3. The van der Waals surface area contributed by atoms with Gasteiger partial charge in [-0.3, -0.25) is 19.3 Å². The molecule has 0 radical (unpaired) electrons. The largest absolute Gasteiger partial charge is 0.342 e. The zero-order chi connectivity index (χ0) is 24.4. The van der Waals surface area contributed by atoms with Crippen LogP contribution in [0, 0.1) is 5.92 Å². The van der Waals surface area contributed by atoms with E-state index in [9.17, 15) is 14.4 Å². The molecule has 1 aromatic heterocycles. The molecular weight excluding hydrogens is 458 g/mol. The number of imide groups is 1. The average Bonchev–Trinajstić information content (AvgIpc) is 3.43. The number of piperidine rings is 1. The second-order valence-corrected chi connectivity index (χ2v) is 10.3. The molecule has 2 aromatic carbocycles. The van der Waals surface area contributed by atoms with E-state index >= 15 is 0 Å². The van der Waals surface area contributed by atoms with Crippen LogP contribution in [0.2, 0.25) is 0 Å². The molecule has 0 N–H and O–H groups in total. The highest BCUT2D eigenvalue weighted by molar-refractivity contribution is 7.18. The van der Waals surface area contributed by atoms with E-state index in [0.29, 0.717) is 30.5 Å². The molecule has 2 aliphatic rings. The predicted octanol–water partition coefficient (Wildman–Crippen LogP) is 5.27. The fraction of sp³-hybridized carbons (Fsp3) is 0.357. The summed E-state index contributed by atoms with van der Waals surface area (Å²) in [6.07, 6.45) is 6.28. The second-order valence-electron chi connectivity index (χ2n) is 9.23. The maximum atomic E-state index is 13.8. The molecule has 5 rings (SSSR count). The van der Waals surface area contributed by atoms with Gasteiger partial charge >= 0.3 is 0 Å². The number of thiazole rings is 1. The molecule has 2 atom stereocenters. The van der Waals surface area contributed by atoms with E-state index in [-0.39, 0.29) is 23.6 Å². The minimum Gasteiger partial charge on any atom is -0.342 e.